The first-order chi connectivity index (χ1) is 15.0. The third-order valence-electron chi connectivity index (χ3n) is 5.46. The van der Waals surface area contributed by atoms with Gasteiger partial charge in [-0.05, 0) is 36.3 Å². The van der Waals surface area contributed by atoms with Crippen molar-refractivity contribution in [2.24, 2.45) is 0 Å². The Morgan fingerprint density at radius 2 is 2.00 bits per heavy atom. The zero-order chi connectivity index (χ0) is 22.0. The number of para-hydroxylation sites is 1. The van der Waals surface area contributed by atoms with Crippen LogP contribution in [0, 0.1) is 0 Å². The highest BCUT2D eigenvalue weighted by molar-refractivity contribution is 6.05. The molecule has 160 valence electrons. The Morgan fingerprint density at radius 3 is 2.74 bits per heavy atom. The predicted octanol–water partition coefficient (Wildman–Crippen LogP) is 1.96. The van der Waals surface area contributed by atoms with Gasteiger partial charge in [-0.25, -0.2) is 4.98 Å². The number of carboxylic acid groups (broad SMARTS) is 1. The van der Waals surface area contributed by atoms with Crippen molar-refractivity contribution in [3.63, 3.8) is 0 Å². The average molecular weight is 418 g/mol. The number of fused-ring (bicyclic) bond motifs is 2. The molecule has 6 nitrogen and oxygen atoms in total. The molecular weight excluding hydrogens is 392 g/mol. The number of hydrogen-bond acceptors (Lipinski definition) is 5. The Morgan fingerprint density at radius 1 is 1.19 bits per heavy atom. The predicted molar refractivity (Wildman–Crippen MR) is 118 cm³/mol. The fraction of sp³-hybridized carbons (Fsp3) is 0.280. The van der Waals surface area contributed by atoms with E-state index in [1.165, 1.54) is 4.90 Å². The summed E-state index contributed by atoms with van der Waals surface area (Å²) in [6.45, 7) is 3.98. The number of aromatic nitrogens is 1. The molecule has 0 fully saturated rings. The monoisotopic (exact) mass is 418 g/mol. The van der Waals surface area contributed by atoms with Gasteiger partial charge < -0.3 is 24.3 Å². The van der Waals surface area contributed by atoms with Gasteiger partial charge in [-0.15, -0.1) is 0 Å². The van der Waals surface area contributed by atoms with E-state index in [0.29, 0.717) is 35.6 Å². The molecule has 4 rings (SSSR count). The summed E-state index contributed by atoms with van der Waals surface area (Å²) in [7, 11) is 3.67. The zero-order valence-corrected chi connectivity index (χ0v) is 18.0. The summed E-state index contributed by atoms with van der Waals surface area (Å²) < 4.78 is 11.3. The lowest BCUT2D eigenvalue weighted by Gasteiger charge is -2.27. The van der Waals surface area contributed by atoms with Crippen molar-refractivity contribution in [1.82, 2.24) is 4.98 Å². The Bertz CT molecular complexity index is 1170. The minimum atomic E-state index is -1.16. The normalized spacial score (nSPS) is 16.9. The van der Waals surface area contributed by atoms with Gasteiger partial charge in [-0.1, -0.05) is 31.2 Å². The molecule has 6 heteroatoms. The standard InChI is InChI=1S/C25H26N2O4/c1-4-11-31-22-13-16(9-10-21(22)30-3)12-17-14-27(2)15-19-23(25(28)29)18-7-5-6-8-20(18)26-24(17)19/h5-10,12-13H,4,11,14-15H2,1-3H3,(H,28,29)/b17-12+. The molecule has 1 unspecified atom stereocenters. The van der Waals surface area contributed by atoms with E-state index in [1.807, 2.05) is 36.4 Å². The average Bonchev–Trinajstić information content (AvgIpc) is 2.76. The van der Waals surface area contributed by atoms with Gasteiger partial charge in [0.1, 0.15) is 13.1 Å². The van der Waals surface area contributed by atoms with Crippen LogP contribution in [0.5, 0.6) is 11.5 Å². The number of carbonyl (C=O) groups excluding carboxylic acids is 1. The van der Waals surface area contributed by atoms with Gasteiger partial charge in [-0.2, -0.15) is 0 Å². The van der Waals surface area contributed by atoms with Gasteiger partial charge in [0.05, 0.1) is 37.9 Å². The second kappa shape index (κ2) is 8.78. The quantitative estimate of drug-likeness (QED) is 0.662. The van der Waals surface area contributed by atoms with Crippen LogP contribution in [-0.2, 0) is 6.54 Å². The second-order valence-corrected chi connectivity index (χ2v) is 7.86. The lowest BCUT2D eigenvalue weighted by atomic mass is 9.92. The van der Waals surface area contributed by atoms with Gasteiger partial charge in [0.15, 0.2) is 11.5 Å². The van der Waals surface area contributed by atoms with E-state index in [1.54, 1.807) is 13.2 Å². The molecule has 1 aliphatic heterocycles. The van der Waals surface area contributed by atoms with E-state index >= 15 is 0 Å². The summed E-state index contributed by atoms with van der Waals surface area (Å²) in [6.07, 6.45) is 2.96. The molecule has 1 aliphatic rings. The molecule has 2 aromatic carbocycles. The molecule has 1 atom stereocenters. The van der Waals surface area contributed by atoms with Crippen molar-refractivity contribution in [3.8, 4) is 11.5 Å². The van der Waals surface area contributed by atoms with Crippen LogP contribution in [0.2, 0.25) is 0 Å². The summed E-state index contributed by atoms with van der Waals surface area (Å²) in [5.41, 5.74) is 4.30. The first-order valence-corrected chi connectivity index (χ1v) is 10.5. The molecule has 0 amide bonds. The van der Waals surface area contributed by atoms with Crippen LogP contribution in [0.25, 0.3) is 22.6 Å². The highest BCUT2D eigenvalue weighted by Crippen LogP contribution is 2.32. The maximum Gasteiger partial charge on any atom is 0.161 e. The molecule has 2 heterocycles. The molecule has 0 spiro atoms. The topological polar surface area (TPSA) is 75.9 Å². The fourth-order valence-corrected chi connectivity index (χ4v) is 4.12. The highest BCUT2D eigenvalue weighted by atomic mass is 16.5. The van der Waals surface area contributed by atoms with Crippen molar-refractivity contribution in [1.29, 1.82) is 0 Å². The molecule has 1 aromatic heterocycles. The molecule has 0 saturated heterocycles. The molecule has 31 heavy (non-hydrogen) atoms. The zero-order valence-electron chi connectivity index (χ0n) is 18.0. The van der Waals surface area contributed by atoms with E-state index < -0.39 is 5.97 Å². The van der Waals surface area contributed by atoms with Crippen LogP contribution in [0.1, 0.15) is 40.5 Å². The molecule has 0 aliphatic carbocycles. The number of nitrogens with zero attached hydrogens (tertiary/aromatic N) is 1. The van der Waals surface area contributed by atoms with Crippen molar-refractivity contribution in [3.05, 3.63) is 64.8 Å². The lowest BCUT2D eigenvalue weighted by Crippen LogP contribution is -3.08. The number of likely N-dealkylation sites (N-methyl/N-ethyl adjacent to an activating group) is 1. The van der Waals surface area contributed by atoms with Crippen LogP contribution >= 0.6 is 0 Å². The summed E-state index contributed by atoms with van der Waals surface area (Å²) in [5.74, 6) is 0.215. The molecule has 0 saturated carbocycles. The third-order valence-corrected chi connectivity index (χ3v) is 5.46. The highest BCUT2D eigenvalue weighted by Gasteiger charge is 2.27. The number of hydrogen-bond donors (Lipinski definition) is 1. The Balaban J connectivity index is 1.87. The van der Waals surface area contributed by atoms with Crippen LogP contribution in [0.3, 0.4) is 0 Å². The number of ether oxygens (including phenoxy) is 2. The number of pyridine rings is 1. The van der Waals surface area contributed by atoms with E-state index in [4.69, 9.17) is 14.5 Å². The molecule has 1 N–H and O–H groups in total. The number of aromatic carboxylic acids is 1. The van der Waals surface area contributed by atoms with E-state index in [2.05, 4.69) is 20.0 Å². The van der Waals surface area contributed by atoms with Crippen molar-refractivity contribution >= 4 is 28.5 Å². The number of methoxy groups -OCH3 is 1. The lowest BCUT2D eigenvalue weighted by molar-refractivity contribution is -0.887. The molecular formula is C25H26N2O4. The number of rotatable bonds is 6. The smallest absolute Gasteiger partial charge is 0.161 e. The number of quaternary nitrogens is 1. The second-order valence-electron chi connectivity index (χ2n) is 7.86. The largest absolute Gasteiger partial charge is 0.545 e. The Labute approximate surface area is 181 Å². The van der Waals surface area contributed by atoms with Crippen LogP contribution in [0.15, 0.2) is 42.5 Å². The summed E-state index contributed by atoms with van der Waals surface area (Å²) in [6, 6.07) is 13.1. The van der Waals surface area contributed by atoms with Gasteiger partial charge in [0, 0.05) is 22.1 Å². The first-order valence-electron chi connectivity index (χ1n) is 10.5. The molecule has 0 radical (unpaired) electrons. The number of nitrogens with one attached hydrogen (secondary N) is 1. The van der Waals surface area contributed by atoms with Crippen LogP contribution in [0.4, 0.5) is 0 Å². The number of benzene rings is 2. The third kappa shape index (κ3) is 4.11. The maximum atomic E-state index is 12.1. The summed E-state index contributed by atoms with van der Waals surface area (Å²) in [4.78, 5) is 18.1. The summed E-state index contributed by atoms with van der Waals surface area (Å²) in [5, 5.41) is 12.7. The van der Waals surface area contributed by atoms with E-state index in [0.717, 1.165) is 35.4 Å². The minimum absolute atomic E-state index is 0.243. The maximum absolute atomic E-state index is 12.1. The van der Waals surface area contributed by atoms with Gasteiger partial charge >= 0.3 is 0 Å². The SMILES string of the molecule is CCCOc1cc(/C=C2\C[NH+](C)Cc3c2nc2ccccc2c3C(=O)[O-])ccc1OC. The van der Waals surface area contributed by atoms with Gasteiger partial charge in [0.25, 0.3) is 0 Å². The van der Waals surface area contributed by atoms with E-state index in [9.17, 15) is 9.90 Å². The van der Waals surface area contributed by atoms with Crippen molar-refractivity contribution in [2.75, 3.05) is 27.3 Å². The van der Waals surface area contributed by atoms with Gasteiger partial charge in [0.2, 0.25) is 0 Å². The van der Waals surface area contributed by atoms with Gasteiger partial charge in [-0.3, -0.25) is 0 Å². The number of carbonyl (C=O) groups is 1. The Hall–Kier alpha value is -3.38. The first kappa shape index (κ1) is 20.9. The minimum Gasteiger partial charge on any atom is -0.545 e. The van der Waals surface area contributed by atoms with Crippen LogP contribution in [-0.4, -0.2) is 38.3 Å². The molecule has 3 aromatic rings. The number of carboxylic acids is 1. The fourth-order valence-electron chi connectivity index (χ4n) is 4.12. The molecule has 0 bridgehead atoms. The summed E-state index contributed by atoms with van der Waals surface area (Å²) >= 11 is 0. The van der Waals surface area contributed by atoms with E-state index in [-0.39, 0.29) is 5.56 Å². The Kier molecular flexibility index (Phi) is 5.91. The van der Waals surface area contributed by atoms with Crippen molar-refractivity contribution < 1.29 is 24.3 Å². The van der Waals surface area contributed by atoms with Crippen LogP contribution < -0.4 is 19.5 Å². The van der Waals surface area contributed by atoms with Crippen molar-refractivity contribution in [2.45, 2.75) is 19.9 Å².